The van der Waals surface area contributed by atoms with Crippen molar-refractivity contribution in [3.63, 3.8) is 0 Å². The van der Waals surface area contributed by atoms with Crippen molar-refractivity contribution in [3.8, 4) is 0 Å². The van der Waals surface area contributed by atoms with Crippen molar-refractivity contribution in [1.29, 1.82) is 0 Å². The van der Waals surface area contributed by atoms with E-state index in [1.54, 1.807) is 11.8 Å². The van der Waals surface area contributed by atoms with Gasteiger partial charge in [0.15, 0.2) is 0 Å². The minimum absolute atomic E-state index is 0.286. The first-order valence-corrected chi connectivity index (χ1v) is 7.18. The van der Waals surface area contributed by atoms with Gasteiger partial charge in [-0.05, 0) is 19.1 Å². The lowest BCUT2D eigenvalue weighted by Gasteiger charge is -2.15. The molecule has 1 fully saturated rings. The lowest BCUT2D eigenvalue weighted by molar-refractivity contribution is 0.883. The molecule has 7 heteroatoms. The zero-order valence-electron chi connectivity index (χ0n) is 10.0. The smallest absolute Gasteiger partial charge is 0.231 e. The molecule has 1 aliphatic heterocycles. The lowest BCUT2D eigenvalue weighted by atomic mass is 10.4. The van der Waals surface area contributed by atoms with Crippen LogP contribution in [0.4, 0.5) is 17.8 Å². The average molecular weight is 254 g/mol. The molecular weight excluding hydrogens is 236 g/mol. The van der Waals surface area contributed by atoms with Crippen molar-refractivity contribution in [2.75, 3.05) is 47.6 Å². The van der Waals surface area contributed by atoms with E-state index in [1.807, 2.05) is 0 Å². The van der Waals surface area contributed by atoms with E-state index in [1.165, 1.54) is 12.8 Å². The molecule has 0 atom stereocenters. The number of hydrogen-bond donors (Lipinski definition) is 2. The van der Waals surface area contributed by atoms with Crippen molar-refractivity contribution in [3.05, 3.63) is 0 Å². The molecule has 0 aliphatic carbocycles. The first-order valence-electron chi connectivity index (χ1n) is 5.79. The van der Waals surface area contributed by atoms with Gasteiger partial charge in [0.25, 0.3) is 0 Å². The highest BCUT2D eigenvalue weighted by atomic mass is 32.2. The fourth-order valence-electron chi connectivity index (χ4n) is 1.78. The molecule has 2 heterocycles. The van der Waals surface area contributed by atoms with E-state index in [9.17, 15) is 0 Å². The van der Waals surface area contributed by atoms with E-state index in [4.69, 9.17) is 5.73 Å². The van der Waals surface area contributed by atoms with Crippen LogP contribution in [-0.4, -0.2) is 46.6 Å². The minimum Gasteiger partial charge on any atom is -0.368 e. The summed E-state index contributed by atoms with van der Waals surface area (Å²) in [5.41, 5.74) is 5.70. The molecule has 1 saturated heterocycles. The second-order valence-electron chi connectivity index (χ2n) is 3.93. The van der Waals surface area contributed by atoms with E-state index < -0.39 is 0 Å². The van der Waals surface area contributed by atoms with Crippen molar-refractivity contribution in [2.24, 2.45) is 0 Å². The van der Waals surface area contributed by atoms with Gasteiger partial charge in [-0.15, -0.1) is 0 Å². The Morgan fingerprint density at radius 1 is 1.29 bits per heavy atom. The number of nitrogens with one attached hydrogen (secondary N) is 1. The van der Waals surface area contributed by atoms with Crippen LogP contribution >= 0.6 is 11.8 Å². The van der Waals surface area contributed by atoms with Crippen LogP contribution in [-0.2, 0) is 0 Å². The van der Waals surface area contributed by atoms with Gasteiger partial charge in [0.05, 0.1) is 0 Å². The third-order valence-electron chi connectivity index (χ3n) is 2.62. The molecule has 0 saturated carbocycles. The lowest BCUT2D eigenvalue weighted by Crippen LogP contribution is -2.22. The Balaban J connectivity index is 2.05. The Bertz CT molecular complexity index is 366. The molecule has 0 radical (unpaired) electrons. The topological polar surface area (TPSA) is 80.0 Å². The van der Waals surface area contributed by atoms with Gasteiger partial charge in [0, 0.05) is 25.4 Å². The van der Waals surface area contributed by atoms with Crippen LogP contribution in [0.25, 0.3) is 0 Å². The summed E-state index contributed by atoms with van der Waals surface area (Å²) in [5, 5.41) is 3.16. The summed E-state index contributed by atoms with van der Waals surface area (Å²) in [7, 11) is 0. The molecule has 94 valence electrons. The molecule has 3 N–H and O–H groups in total. The molecule has 0 bridgehead atoms. The molecule has 0 unspecified atom stereocenters. The normalized spacial score (nSPS) is 15.2. The third kappa shape index (κ3) is 3.36. The summed E-state index contributed by atoms with van der Waals surface area (Å²) < 4.78 is 0. The summed E-state index contributed by atoms with van der Waals surface area (Å²) >= 11 is 1.78. The molecule has 1 aromatic heterocycles. The molecule has 0 amide bonds. The number of nitrogen functional groups attached to an aromatic ring is 1. The maximum absolute atomic E-state index is 5.70. The van der Waals surface area contributed by atoms with Crippen molar-refractivity contribution in [1.82, 2.24) is 15.0 Å². The first-order chi connectivity index (χ1) is 8.29. The van der Waals surface area contributed by atoms with Gasteiger partial charge in [-0.3, -0.25) is 0 Å². The first kappa shape index (κ1) is 12.2. The number of hydrogen-bond acceptors (Lipinski definition) is 7. The van der Waals surface area contributed by atoms with Crippen LogP contribution in [0, 0.1) is 0 Å². The fraction of sp³-hybridized carbons (Fsp3) is 0.700. The molecule has 0 aromatic carbocycles. The summed E-state index contributed by atoms with van der Waals surface area (Å²) in [6, 6.07) is 0. The average Bonchev–Trinajstić information content (AvgIpc) is 2.82. The van der Waals surface area contributed by atoms with Gasteiger partial charge in [0.1, 0.15) is 0 Å². The van der Waals surface area contributed by atoms with Crippen LogP contribution in [0.1, 0.15) is 12.8 Å². The standard InChI is InChI=1S/C10H18N6S/c1-17-7-4-12-9-13-8(11)14-10(15-9)16-5-2-3-6-16/h2-7H2,1H3,(H3,11,12,13,14,15). The summed E-state index contributed by atoms with van der Waals surface area (Å²) in [6.45, 7) is 2.85. The Morgan fingerprint density at radius 2 is 2.06 bits per heavy atom. The Hall–Kier alpha value is -1.24. The van der Waals surface area contributed by atoms with E-state index in [0.29, 0.717) is 11.9 Å². The van der Waals surface area contributed by atoms with Gasteiger partial charge in [-0.1, -0.05) is 0 Å². The van der Waals surface area contributed by atoms with Gasteiger partial charge in [0.2, 0.25) is 17.8 Å². The van der Waals surface area contributed by atoms with Gasteiger partial charge in [-0.2, -0.15) is 26.7 Å². The number of nitrogens with zero attached hydrogens (tertiary/aromatic N) is 4. The van der Waals surface area contributed by atoms with Crippen molar-refractivity contribution < 1.29 is 0 Å². The summed E-state index contributed by atoms with van der Waals surface area (Å²) in [4.78, 5) is 14.8. The Labute approximate surface area is 105 Å². The molecule has 0 spiro atoms. The largest absolute Gasteiger partial charge is 0.368 e. The number of aromatic nitrogens is 3. The monoisotopic (exact) mass is 254 g/mol. The minimum atomic E-state index is 0.286. The maximum Gasteiger partial charge on any atom is 0.231 e. The predicted octanol–water partition coefficient (Wildman–Crippen LogP) is 0.829. The second kappa shape index (κ2) is 5.90. The van der Waals surface area contributed by atoms with Crippen LogP contribution in [0.3, 0.4) is 0 Å². The quantitative estimate of drug-likeness (QED) is 0.753. The maximum atomic E-state index is 5.70. The highest BCUT2D eigenvalue weighted by Gasteiger charge is 2.16. The van der Waals surface area contributed by atoms with E-state index in [0.717, 1.165) is 25.4 Å². The number of rotatable bonds is 5. The molecule has 1 aliphatic rings. The molecule has 1 aromatic rings. The summed E-state index contributed by atoms with van der Waals surface area (Å²) in [5.74, 6) is 2.58. The highest BCUT2D eigenvalue weighted by molar-refractivity contribution is 7.98. The van der Waals surface area contributed by atoms with E-state index >= 15 is 0 Å². The van der Waals surface area contributed by atoms with Crippen LogP contribution in [0.2, 0.25) is 0 Å². The second-order valence-corrected chi connectivity index (χ2v) is 4.92. The van der Waals surface area contributed by atoms with E-state index in [2.05, 4.69) is 31.4 Å². The zero-order chi connectivity index (χ0) is 12.1. The molecule has 6 nitrogen and oxygen atoms in total. The zero-order valence-corrected chi connectivity index (χ0v) is 10.8. The van der Waals surface area contributed by atoms with Crippen LogP contribution in [0.15, 0.2) is 0 Å². The van der Waals surface area contributed by atoms with Crippen molar-refractivity contribution in [2.45, 2.75) is 12.8 Å². The SMILES string of the molecule is CSCCNc1nc(N)nc(N2CCCC2)n1. The predicted molar refractivity (Wildman–Crippen MR) is 72.6 cm³/mol. The molecular formula is C10H18N6S. The van der Waals surface area contributed by atoms with Gasteiger partial charge < -0.3 is 16.0 Å². The van der Waals surface area contributed by atoms with Gasteiger partial charge in [-0.25, -0.2) is 0 Å². The summed E-state index contributed by atoms with van der Waals surface area (Å²) in [6.07, 6.45) is 4.46. The van der Waals surface area contributed by atoms with Gasteiger partial charge >= 0.3 is 0 Å². The highest BCUT2D eigenvalue weighted by Crippen LogP contribution is 2.17. The van der Waals surface area contributed by atoms with Crippen molar-refractivity contribution >= 4 is 29.6 Å². The molecule has 17 heavy (non-hydrogen) atoms. The van der Waals surface area contributed by atoms with E-state index in [-0.39, 0.29) is 5.95 Å². The van der Waals surface area contributed by atoms with Crippen LogP contribution in [0.5, 0.6) is 0 Å². The fourth-order valence-corrected chi connectivity index (χ4v) is 2.09. The Kier molecular flexibility index (Phi) is 4.24. The Morgan fingerprint density at radius 3 is 2.76 bits per heavy atom. The number of thioether (sulfide) groups is 1. The number of anilines is 3. The number of nitrogens with two attached hydrogens (primary N) is 1. The molecule has 2 rings (SSSR count). The third-order valence-corrected chi connectivity index (χ3v) is 3.23. The van der Waals surface area contributed by atoms with Crippen LogP contribution < -0.4 is 16.0 Å².